The van der Waals surface area contributed by atoms with Crippen molar-refractivity contribution in [3.05, 3.63) is 53.5 Å². The SMILES string of the molecule is CCc1csc(N[C@H](C(=O)N(C)C2(C(=O)O)CCC(Oc3cccc4ccccc34)CC2)C(C)C)n1. The van der Waals surface area contributed by atoms with E-state index in [1.807, 2.05) is 68.6 Å². The zero-order valence-corrected chi connectivity index (χ0v) is 22.2. The molecule has 0 aliphatic heterocycles. The van der Waals surface area contributed by atoms with Gasteiger partial charge in [0, 0.05) is 17.8 Å². The Morgan fingerprint density at radius 2 is 1.89 bits per heavy atom. The van der Waals surface area contributed by atoms with Gasteiger partial charge in [-0.15, -0.1) is 11.3 Å². The highest BCUT2D eigenvalue weighted by molar-refractivity contribution is 7.13. The molecule has 4 rings (SSSR count). The lowest BCUT2D eigenvalue weighted by Gasteiger charge is -2.44. The lowest BCUT2D eigenvalue weighted by atomic mass is 9.78. The Morgan fingerprint density at radius 1 is 1.19 bits per heavy atom. The standard InChI is InChI=1S/C28H35N3O4S/c1-5-20-17-36-27(29-20)30-24(18(2)3)25(32)31(4)28(26(33)34)15-13-21(14-16-28)35-23-12-8-10-19-9-6-7-11-22(19)23/h6-12,17-18,21,24H,5,13-16H2,1-4H3,(H,29,30)(H,33,34)/t21?,24-,28?/m0/s1. The molecule has 0 unspecified atom stereocenters. The summed E-state index contributed by atoms with van der Waals surface area (Å²) in [6.45, 7) is 5.95. The number of ether oxygens (including phenoxy) is 1. The molecule has 2 N–H and O–H groups in total. The molecule has 1 aromatic heterocycles. The third-order valence-electron chi connectivity index (χ3n) is 7.30. The zero-order valence-electron chi connectivity index (χ0n) is 21.4. The average molecular weight is 510 g/mol. The molecule has 1 aliphatic rings. The van der Waals surface area contributed by atoms with Gasteiger partial charge in [0.25, 0.3) is 0 Å². The van der Waals surface area contributed by atoms with E-state index in [2.05, 4.69) is 10.3 Å². The van der Waals surface area contributed by atoms with Crippen LogP contribution in [-0.4, -0.2) is 51.6 Å². The number of carbonyl (C=O) groups excluding carboxylic acids is 1. The molecule has 0 bridgehead atoms. The van der Waals surface area contributed by atoms with Crippen LogP contribution in [0.3, 0.4) is 0 Å². The van der Waals surface area contributed by atoms with E-state index in [1.165, 1.54) is 16.2 Å². The number of nitrogens with zero attached hydrogens (tertiary/aromatic N) is 2. The number of carbonyl (C=O) groups is 2. The van der Waals surface area contributed by atoms with Crippen LogP contribution in [0.15, 0.2) is 47.8 Å². The molecule has 1 aliphatic carbocycles. The largest absolute Gasteiger partial charge is 0.490 e. The molecule has 192 valence electrons. The molecule has 7 nitrogen and oxygen atoms in total. The maximum Gasteiger partial charge on any atom is 0.329 e. The Bertz CT molecular complexity index is 1210. The molecule has 1 atom stereocenters. The number of amides is 1. The summed E-state index contributed by atoms with van der Waals surface area (Å²) < 4.78 is 6.34. The topological polar surface area (TPSA) is 91.8 Å². The van der Waals surface area contributed by atoms with Crippen LogP contribution in [0, 0.1) is 5.92 Å². The predicted octanol–water partition coefficient (Wildman–Crippen LogP) is 5.60. The number of aliphatic carboxylic acids is 1. The van der Waals surface area contributed by atoms with E-state index in [9.17, 15) is 14.7 Å². The number of thiazole rings is 1. The molecule has 0 spiro atoms. The summed E-state index contributed by atoms with van der Waals surface area (Å²) in [5.74, 6) is -0.420. The minimum absolute atomic E-state index is 0.0363. The minimum atomic E-state index is -1.26. The van der Waals surface area contributed by atoms with Gasteiger partial charge in [-0.05, 0) is 49.5 Å². The number of aryl methyl sites for hydroxylation is 1. The zero-order chi connectivity index (χ0) is 25.9. The maximum absolute atomic E-state index is 13.6. The number of nitrogens with one attached hydrogen (secondary N) is 1. The Kier molecular flexibility index (Phi) is 7.83. The summed E-state index contributed by atoms with van der Waals surface area (Å²) in [4.78, 5) is 32.2. The van der Waals surface area contributed by atoms with E-state index in [-0.39, 0.29) is 17.9 Å². The summed E-state index contributed by atoms with van der Waals surface area (Å²) in [7, 11) is 1.62. The predicted molar refractivity (Wildman–Crippen MR) is 144 cm³/mol. The number of benzene rings is 2. The van der Waals surface area contributed by atoms with Gasteiger partial charge in [-0.3, -0.25) is 4.79 Å². The number of aromatic nitrogens is 1. The van der Waals surface area contributed by atoms with E-state index in [0.717, 1.165) is 28.6 Å². The number of fused-ring (bicyclic) bond motifs is 1. The monoisotopic (exact) mass is 509 g/mol. The highest BCUT2D eigenvalue weighted by atomic mass is 32.1. The van der Waals surface area contributed by atoms with Crippen molar-refractivity contribution in [3.8, 4) is 5.75 Å². The van der Waals surface area contributed by atoms with E-state index >= 15 is 0 Å². The molecule has 1 heterocycles. The molecular formula is C28H35N3O4S. The van der Waals surface area contributed by atoms with Crippen molar-refractivity contribution in [1.29, 1.82) is 0 Å². The molecule has 1 amide bonds. The van der Waals surface area contributed by atoms with E-state index in [1.54, 1.807) is 7.05 Å². The Morgan fingerprint density at radius 3 is 2.53 bits per heavy atom. The van der Waals surface area contributed by atoms with Crippen LogP contribution in [0.2, 0.25) is 0 Å². The van der Waals surface area contributed by atoms with Gasteiger partial charge in [-0.25, -0.2) is 9.78 Å². The molecule has 3 aromatic rings. The number of carboxylic acid groups (broad SMARTS) is 1. The van der Waals surface area contributed by atoms with Crippen molar-refractivity contribution in [3.63, 3.8) is 0 Å². The van der Waals surface area contributed by atoms with Gasteiger partial charge in [0.05, 0.1) is 11.8 Å². The number of anilines is 1. The minimum Gasteiger partial charge on any atom is -0.490 e. The van der Waals surface area contributed by atoms with Gasteiger partial charge < -0.3 is 20.1 Å². The number of likely N-dealkylation sites (N-methyl/N-ethyl adjacent to an activating group) is 1. The van der Waals surface area contributed by atoms with Crippen LogP contribution < -0.4 is 10.1 Å². The van der Waals surface area contributed by atoms with Crippen molar-refractivity contribution < 1.29 is 19.4 Å². The number of hydrogen-bond acceptors (Lipinski definition) is 6. The summed E-state index contributed by atoms with van der Waals surface area (Å²) >= 11 is 1.47. The molecule has 0 radical (unpaired) electrons. The molecule has 8 heteroatoms. The summed E-state index contributed by atoms with van der Waals surface area (Å²) in [5, 5.41) is 18.4. The van der Waals surface area contributed by atoms with Crippen molar-refractivity contribution in [1.82, 2.24) is 9.88 Å². The first-order chi connectivity index (χ1) is 17.2. The van der Waals surface area contributed by atoms with Gasteiger partial charge >= 0.3 is 5.97 Å². The number of carboxylic acids is 1. The lowest BCUT2D eigenvalue weighted by Crippen LogP contribution is -2.61. The Balaban J connectivity index is 1.48. The fourth-order valence-electron chi connectivity index (χ4n) is 4.96. The summed E-state index contributed by atoms with van der Waals surface area (Å²) in [5.41, 5.74) is -0.292. The van der Waals surface area contributed by atoms with Gasteiger partial charge in [0.1, 0.15) is 17.3 Å². The van der Waals surface area contributed by atoms with Crippen LogP contribution in [-0.2, 0) is 16.0 Å². The fraction of sp³-hybridized carbons (Fsp3) is 0.464. The first-order valence-electron chi connectivity index (χ1n) is 12.6. The average Bonchev–Trinajstić information content (AvgIpc) is 3.35. The van der Waals surface area contributed by atoms with Crippen LogP contribution in [0.5, 0.6) is 5.75 Å². The first kappa shape index (κ1) is 25.9. The molecule has 1 fully saturated rings. The second kappa shape index (κ2) is 10.9. The fourth-order valence-corrected chi connectivity index (χ4v) is 5.79. The second-order valence-corrected chi connectivity index (χ2v) is 10.8. The highest BCUT2D eigenvalue weighted by Gasteiger charge is 2.49. The maximum atomic E-state index is 13.6. The van der Waals surface area contributed by atoms with E-state index < -0.39 is 17.6 Å². The molecule has 1 saturated carbocycles. The van der Waals surface area contributed by atoms with Crippen LogP contribution in [0.1, 0.15) is 52.1 Å². The van der Waals surface area contributed by atoms with Gasteiger partial charge in [0.2, 0.25) is 5.91 Å². The van der Waals surface area contributed by atoms with Crippen LogP contribution >= 0.6 is 11.3 Å². The third-order valence-corrected chi connectivity index (χ3v) is 8.12. The number of hydrogen-bond donors (Lipinski definition) is 2. The first-order valence-corrected chi connectivity index (χ1v) is 13.5. The van der Waals surface area contributed by atoms with Gasteiger partial charge in [-0.1, -0.05) is 57.2 Å². The summed E-state index contributed by atoms with van der Waals surface area (Å²) in [6.07, 6.45) is 2.50. The molecule has 0 saturated heterocycles. The van der Waals surface area contributed by atoms with Crippen molar-refractivity contribution in [2.75, 3.05) is 12.4 Å². The van der Waals surface area contributed by atoms with Gasteiger partial charge in [-0.2, -0.15) is 0 Å². The molecule has 2 aromatic carbocycles. The smallest absolute Gasteiger partial charge is 0.329 e. The Hall–Kier alpha value is -3.13. The van der Waals surface area contributed by atoms with Crippen molar-refractivity contribution in [2.45, 2.75) is 70.6 Å². The Labute approximate surface area is 216 Å². The van der Waals surface area contributed by atoms with Crippen LogP contribution in [0.25, 0.3) is 10.8 Å². The highest BCUT2D eigenvalue weighted by Crippen LogP contribution is 2.37. The van der Waals surface area contributed by atoms with E-state index in [0.29, 0.717) is 30.8 Å². The molecule has 36 heavy (non-hydrogen) atoms. The lowest BCUT2D eigenvalue weighted by molar-refractivity contribution is -0.162. The number of rotatable bonds is 9. The third kappa shape index (κ3) is 5.19. The van der Waals surface area contributed by atoms with Gasteiger partial charge in [0.15, 0.2) is 5.13 Å². The summed E-state index contributed by atoms with van der Waals surface area (Å²) in [6, 6.07) is 13.5. The van der Waals surface area contributed by atoms with Crippen molar-refractivity contribution in [2.24, 2.45) is 5.92 Å². The quantitative estimate of drug-likeness (QED) is 0.390. The second-order valence-electron chi connectivity index (χ2n) is 9.89. The normalized spacial score (nSPS) is 20.8. The van der Waals surface area contributed by atoms with E-state index in [4.69, 9.17) is 4.74 Å². The van der Waals surface area contributed by atoms with Crippen LogP contribution in [0.4, 0.5) is 5.13 Å². The van der Waals surface area contributed by atoms with Crippen molar-refractivity contribution >= 4 is 39.1 Å². The molecular weight excluding hydrogens is 474 g/mol.